The van der Waals surface area contributed by atoms with Crippen molar-refractivity contribution in [2.75, 3.05) is 13.1 Å². The van der Waals surface area contributed by atoms with E-state index in [2.05, 4.69) is 25.4 Å². The second-order valence-electron chi connectivity index (χ2n) is 4.06. The van der Waals surface area contributed by atoms with Crippen LogP contribution in [0.3, 0.4) is 0 Å². The molecule has 1 atom stereocenters. The molecule has 0 radical (unpaired) electrons. The Morgan fingerprint density at radius 1 is 1.10 bits per heavy atom. The minimum Gasteiger partial charge on any atom is -0.284 e. The van der Waals surface area contributed by atoms with Gasteiger partial charge in [-0.15, -0.1) is 0 Å². The quantitative estimate of drug-likeness (QED) is 0.531. The summed E-state index contributed by atoms with van der Waals surface area (Å²) < 4.78 is 2.60. The molecule has 0 saturated carbocycles. The van der Waals surface area contributed by atoms with Gasteiger partial charge in [-0.05, 0) is 26.7 Å². The zero-order chi connectivity index (χ0) is 7.61. The summed E-state index contributed by atoms with van der Waals surface area (Å²) in [4.78, 5) is 0. The second kappa shape index (κ2) is 3.19. The highest BCUT2D eigenvalue weighted by Crippen LogP contribution is 2.36. The van der Waals surface area contributed by atoms with Crippen molar-refractivity contribution < 1.29 is 0 Å². The van der Waals surface area contributed by atoms with Crippen molar-refractivity contribution in [3.05, 3.63) is 0 Å². The second-order valence-corrected chi connectivity index (χ2v) is 6.41. The fourth-order valence-corrected chi connectivity index (χ4v) is 2.79. The molecule has 1 fully saturated rings. The van der Waals surface area contributed by atoms with E-state index in [1.54, 1.807) is 0 Å². The third-order valence-electron chi connectivity index (χ3n) is 1.60. The molecule has 1 nitrogen and oxygen atoms in total. The van der Waals surface area contributed by atoms with Gasteiger partial charge in [0.1, 0.15) is 0 Å². The van der Waals surface area contributed by atoms with Gasteiger partial charge in [0.15, 0.2) is 0 Å². The van der Waals surface area contributed by atoms with Gasteiger partial charge in [0.25, 0.3) is 0 Å². The molecule has 1 unspecified atom stereocenters. The van der Waals surface area contributed by atoms with Gasteiger partial charge in [-0.1, -0.05) is 20.8 Å². The van der Waals surface area contributed by atoms with Crippen LogP contribution in [0, 0.1) is 0 Å². The van der Waals surface area contributed by atoms with Gasteiger partial charge in [-0.3, -0.25) is 4.67 Å². The molecular formula is C8H18NP. The highest BCUT2D eigenvalue weighted by atomic mass is 31.1. The molecule has 1 saturated heterocycles. The van der Waals surface area contributed by atoms with E-state index >= 15 is 0 Å². The summed E-state index contributed by atoms with van der Waals surface area (Å²) in [5.41, 5.74) is 0. The molecule has 0 N–H and O–H groups in total. The highest BCUT2D eigenvalue weighted by Gasteiger charge is 2.18. The van der Waals surface area contributed by atoms with Crippen LogP contribution >= 0.6 is 8.73 Å². The SMILES string of the molecule is CC(C)(C)PN1CCCC1. The zero-order valence-corrected chi connectivity index (χ0v) is 8.28. The van der Waals surface area contributed by atoms with Gasteiger partial charge in [0, 0.05) is 13.1 Å². The number of hydrogen-bond acceptors (Lipinski definition) is 1. The Kier molecular flexibility index (Phi) is 2.71. The molecule has 1 aliphatic rings. The molecule has 0 amide bonds. The summed E-state index contributed by atoms with van der Waals surface area (Å²) in [6, 6.07) is 0. The molecule has 1 heterocycles. The average Bonchev–Trinajstić information content (AvgIpc) is 2.12. The minimum absolute atomic E-state index is 0.518. The topological polar surface area (TPSA) is 3.24 Å². The molecule has 2 heteroatoms. The van der Waals surface area contributed by atoms with Crippen molar-refractivity contribution in [3.63, 3.8) is 0 Å². The van der Waals surface area contributed by atoms with E-state index in [-0.39, 0.29) is 0 Å². The highest BCUT2D eigenvalue weighted by molar-refractivity contribution is 7.37. The lowest BCUT2D eigenvalue weighted by molar-refractivity contribution is 0.555. The van der Waals surface area contributed by atoms with Crippen molar-refractivity contribution in [1.82, 2.24) is 4.67 Å². The third kappa shape index (κ3) is 2.98. The summed E-state index contributed by atoms with van der Waals surface area (Å²) in [6.45, 7) is 9.66. The van der Waals surface area contributed by atoms with E-state index in [4.69, 9.17) is 0 Å². The van der Waals surface area contributed by atoms with E-state index < -0.39 is 0 Å². The normalized spacial score (nSPS) is 23.1. The molecule has 0 bridgehead atoms. The monoisotopic (exact) mass is 159 g/mol. The van der Waals surface area contributed by atoms with E-state index in [0.717, 1.165) is 8.73 Å². The third-order valence-corrected chi connectivity index (χ3v) is 3.03. The van der Waals surface area contributed by atoms with Crippen LogP contribution in [-0.2, 0) is 0 Å². The lowest BCUT2D eigenvalue weighted by Gasteiger charge is -2.25. The standard InChI is InChI=1S/C8H18NP/c1-8(2,3)10-9-6-4-5-7-9/h10H,4-7H2,1-3H3. The van der Waals surface area contributed by atoms with Gasteiger partial charge in [-0.25, -0.2) is 0 Å². The fraction of sp³-hybridized carbons (Fsp3) is 1.00. The zero-order valence-electron chi connectivity index (χ0n) is 7.28. The molecule has 0 spiro atoms. The van der Waals surface area contributed by atoms with Crippen LogP contribution in [0.15, 0.2) is 0 Å². The summed E-state index contributed by atoms with van der Waals surface area (Å²) >= 11 is 0. The van der Waals surface area contributed by atoms with Gasteiger partial charge >= 0.3 is 0 Å². The Morgan fingerprint density at radius 3 is 2.00 bits per heavy atom. The number of rotatable bonds is 1. The van der Waals surface area contributed by atoms with Crippen LogP contribution in [0.1, 0.15) is 33.6 Å². The number of nitrogens with zero attached hydrogens (tertiary/aromatic N) is 1. The molecular weight excluding hydrogens is 141 g/mol. The van der Waals surface area contributed by atoms with Crippen molar-refractivity contribution in [2.24, 2.45) is 0 Å². The van der Waals surface area contributed by atoms with E-state index in [9.17, 15) is 0 Å². The molecule has 10 heavy (non-hydrogen) atoms. The maximum atomic E-state index is 2.60. The van der Waals surface area contributed by atoms with Crippen LogP contribution in [0.25, 0.3) is 0 Å². The van der Waals surface area contributed by atoms with Gasteiger partial charge in [0.2, 0.25) is 0 Å². The first kappa shape index (κ1) is 8.49. The van der Waals surface area contributed by atoms with Crippen LogP contribution in [0.5, 0.6) is 0 Å². The van der Waals surface area contributed by atoms with E-state index in [0.29, 0.717) is 5.16 Å². The first-order valence-electron chi connectivity index (χ1n) is 4.11. The first-order chi connectivity index (χ1) is 4.58. The Balaban J connectivity index is 2.24. The Morgan fingerprint density at radius 2 is 1.60 bits per heavy atom. The van der Waals surface area contributed by atoms with E-state index in [1.807, 2.05) is 0 Å². The minimum atomic E-state index is 0.518. The van der Waals surface area contributed by atoms with Crippen molar-refractivity contribution in [2.45, 2.75) is 38.8 Å². The Bertz CT molecular complexity index is 100. The smallest absolute Gasteiger partial charge is 0.00193 e. The maximum absolute atomic E-state index is 2.60. The van der Waals surface area contributed by atoms with Crippen molar-refractivity contribution in [1.29, 1.82) is 0 Å². The summed E-state index contributed by atoms with van der Waals surface area (Å²) in [6.07, 6.45) is 2.84. The lowest BCUT2D eigenvalue weighted by atomic mass is 10.3. The number of hydrogen-bond donors (Lipinski definition) is 0. The summed E-state index contributed by atoms with van der Waals surface area (Å²) in [7, 11) is 1.03. The first-order valence-corrected chi connectivity index (χ1v) is 5.05. The molecule has 1 rings (SSSR count). The van der Waals surface area contributed by atoms with Crippen LogP contribution in [0.2, 0.25) is 0 Å². The molecule has 0 aromatic carbocycles. The van der Waals surface area contributed by atoms with Crippen LogP contribution in [-0.4, -0.2) is 22.9 Å². The van der Waals surface area contributed by atoms with Crippen molar-refractivity contribution >= 4 is 8.73 Å². The molecule has 0 aromatic heterocycles. The summed E-state index contributed by atoms with van der Waals surface area (Å²) in [5.74, 6) is 0. The Hall–Kier alpha value is 0.390. The predicted octanol–water partition coefficient (Wildman–Crippen LogP) is 2.47. The fourth-order valence-electron chi connectivity index (χ4n) is 1.30. The van der Waals surface area contributed by atoms with Crippen LogP contribution < -0.4 is 0 Å². The molecule has 0 aliphatic carbocycles. The maximum Gasteiger partial charge on any atom is 0.00193 e. The predicted molar refractivity (Wildman–Crippen MR) is 48.9 cm³/mol. The average molecular weight is 159 g/mol. The van der Waals surface area contributed by atoms with Gasteiger partial charge < -0.3 is 0 Å². The van der Waals surface area contributed by atoms with E-state index in [1.165, 1.54) is 25.9 Å². The van der Waals surface area contributed by atoms with Gasteiger partial charge in [-0.2, -0.15) is 0 Å². The van der Waals surface area contributed by atoms with Gasteiger partial charge in [0.05, 0.1) is 0 Å². The largest absolute Gasteiger partial charge is 0.284 e. The summed E-state index contributed by atoms with van der Waals surface area (Å²) in [5, 5.41) is 0.518. The lowest BCUT2D eigenvalue weighted by Crippen LogP contribution is -2.17. The van der Waals surface area contributed by atoms with Crippen molar-refractivity contribution in [3.8, 4) is 0 Å². The molecule has 0 aromatic rings. The van der Waals surface area contributed by atoms with Crippen LogP contribution in [0.4, 0.5) is 0 Å². The Labute approximate surface area is 66.0 Å². The molecule has 60 valence electrons. The molecule has 1 aliphatic heterocycles.